The Balaban J connectivity index is 1.31. The van der Waals surface area contributed by atoms with Gasteiger partial charge in [0.2, 0.25) is 5.91 Å². The highest BCUT2D eigenvalue weighted by Crippen LogP contribution is 2.29. The van der Waals surface area contributed by atoms with Crippen LogP contribution in [-0.2, 0) is 4.79 Å². The number of carbonyl (C=O) groups excluding carboxylic acids is 1. The molecule has 24 heavy (non-hydrogen) atoms. The molecule has 3 heterocycles. The van der Waals surface area contributed by atoms with E-state index in [1.807, 2.05) is 11.6 Å². The van der Waals surface area contributed by atoms with E-state index in [1.165, 1.54) is 38.6 Å². The summed E-state index contributed by atoms with van der Waals surface area (Å²) in [6.45, 7) is 5.72. The molecule has 1 atom stereocenters. The fourth-order valence-electron chi connectivity index (χ4n) is 4.56. The van der Waals surface area contributed by atoms with Gasteiger partial charge in [0.15, 0.2) is 5.13 Å². The molecule has 1 aromatic rings. The first-order valence-electron chi connectivity index (χ1n) is 9.48. The monoisotopic (exact) mass is 348 g/mol. The van der Waals surface area contributed by atoms with E-state index in [-0.39, 0.29) is 5.92 Å². The number of amides is 1. The van der Waals surface area contributed by atoms with E-state index in [4.69, 9.17) is 0 Å². The van der Waals surface area contributed by atoms with Gasteiger partial charge < -0.3 is 9.80 Å². The molecule has 0 radical (unpaired) electrons. The number of piperazine rings is 1. The Labute approximate surface area is 148 Å². The predicted molar refractivity (Wildman–Crippen MR) is 97.5 cm³/mol. The van der Waals surface area contributed by atoms with Gasteiger partial charge in [0.1, 0.15) is 0 Å². The summed E-state index contributed by atoms with van der Waals surface area (Å²) in [6, 6.07) is 0.752. The van der Waals surface area contributed by atoms with E-state index in [9.17, 15) is 4.79 Å². The number of thiazole rings is 1. The zero-order valence-electron chi connectivity index (χ0n) is 14.4. The molecule has 0 N–H and O–H groups in total. The van der Waals surface area contributed by atoms with Crippen LogP contribution in [0.25, 0.3) is 0 Å². The number of rotatable bonds is 3. The van der Waals surface area contributed by atoms with Crippen LogP contribution in [0.4, 0.5) is 5.13 Å². The van der Waals surface area contributed by atoms with E-state index in [2.05, 4.69) is 19.7 Å². The fraction of sp³-hybridized carbons (Fsp3) is 0.778. The SMILES string of the molecule is O=C([C@@H]1CCCN(C2CCCC2)C1)N1CCN(c2nccs2)CC1. The lowest BCUT2D eigenvalue weighted by Gasteiger charge is -2.40. The number of likely N-dealkylation sites (tertiary alicyclic amines) is 1. The van der Waals surface area contributed by atoms with Crippen molar-refractivity contribution in [2.24, 2.45) is 5.92 Å². The second kappa shape index (κ2) is 7.40. The third-order valence-electron chi connectivity index (χ3n) is 5.92. The third kappa shape index (κ3) is 3.45. The van der Waals surface area contributed by atoms with Crippen molar-refractivity contribution in [3.8, 4) is 0 Å². The second-order valence-electron chi connectivity index (χ2n) is 7.40. The van der Waals surface area contributed by atoms with Gasteiger partial charge in [-0.05, 0) is 32.2 Å². The molecule has 6 heteroatoms. The van der Waals surface area contributed by atoms with Gasteiger partial charge in [0.05, 0.1) is 5.92 Å². The molecular weight excluding hydrogens is 320 g/mol. The van der Waals surface area contributed by atoms with E-state index >= 15 is 0 Å². The molecule has 1 aromatic heterocycles. The van der Waals surface area contributed by atoms with Crippen molar-refractivity contribution in [1.29, 1.82) is 0 Å². The molecule has 0 unspecified atom stereocenters. The van der Waals surface area contributed by atoms with Crippen LogP contribution in [0.15, 0.2) is 11.6 Å². The molecule has 0 spiro atoms. The number of nitrogens with zero attached hydrogens (tertiary/aromatic N) is 4. The third-order valence-corrected chi connectivity index (χ3v) is 6.76. The lowest BCUT2D eigenvalue weighted by Crippen LogP contribution is -2.53. The first kappa shape index (κ1) is 16.3. The first-order chi connectivity index (χ1) is 11.8. The molecular formula is C18H28N4OS. The Morgan fingerprint density at radius 1 is 1.04 bits per heavy atom. The van der Waals surface area contributed by atoms with Crippen LogP contribution in [0.5, 0.6) is 0 Å². The predicted octanol–water partition coefficient (Wildman–Crippen LogP) is 2.45. The molecule has 4 rings (SSSR count). The molecule has 0 aromatic carbocycles. The number of hydrogen-bond acceptors (Lipinski definition) is 5. The van der Waals surface area contributed by atoms with Gasteiger partial charge in [0.25, 0.3) is 0 Å². The maximum Gasteiger partial charge on any atom is 0.227 e. The van der Waals surface area contributed by atoms with E-state index in [0.717, 1.165) is 50.3 Å². The van der Waals surface area contributed by atoms with Crippen LogP contribution in [0.3, 0.4) is 0 Å². The minimum atomic E-state index is 0.228. The maximum absolute atomic E-state index is 13.0. The summed E-state index contributed by atoms with van der Waals surface area (Å²) in [5, 5.41) is 3.11. The maximum atomic E-state index is 13.0. The van der Waals surface area contributed by atoms with Crippen LogP contribution in [0.1, 0.15) is 38.5 Å². The normalized spacial score (nSPS) is 26.9. The molecule has 1 saturated carbocycles. The summed E-state index contributed by atoms with van der Waals surface area (Å²) < 4.78 is 0. The van der Waals surface area contributed by atoms with E-state index in [1.54, 1.807) is 11.3 Å². The van der Waals surface area contributed by atoms with Crippen LogP contribution in [-0.4, -0.2) is 66.0 Å². The molecule has 2 saturated heterocycles. The molecule has 1 amide bonds. The molecule has 2 aliphatic heterocycles. The number of anilines is 1. The Kier molecular flexibility index (Phi) is 5.03. The second-order valence-corrected chi connectivity index (χ2v) is 8.27. The highest BCUT2D eigenvalue weighted by atomic mass is 32.1. The van der Waals surface area contributed by atoms with Crippen molar-refractivity contribution >= 4 is 22.4 Å². The fourth-order valence-corrected chi connectivity index (χ4v) is 5.25. The van der Waals surface area contributed by atoms with E-state index < -0.39 is 0 Å². The largest absolute Gasteiger partial charge is 0.345 e. The topological polar surface area (TPSA) is 39.7 Å². The number of aromatic nitrogens is 1. The molecule has 1 aliphatic carbocycles. The standard InChI is InChI=1S/C18H28N4OS/c23-17(15-4-3-8-22(14-15)16-5-1-2-6-16)20-9-11-21(12-10-20)18-19-7-13-24-18/h7,13,15-16H,1-6,8-12,14H2/t15-/m1/s1. The van der Waals surface area contributed by atoms with Crippen molar-refractivity contribution in [3.63, 3.8) is 0 Å². The number of carbonyl (C=O) groups is 1. The highest BCUT2D eigenvalue weighted by Gasteiger charge is 2.34. The Morgan fingerprint density at radius 2 is 1.83 bits per heavy atom. The van der Waals surface area contributed by atoms with Crippen LogP contribution in [0.2, 0.25) is 0 Å². The molecule has 5 nitrogen and oxygen atoms in total. The first-order valence-corrected chi connectivity index (χ1v) is 10.4. The van der Waals surface area contributed by atoms with Crippen molar-refractivity contribution in [3.05, 3.63) is 11.6 Å². The average Bonchev–Trinajstić information content (AvgIpc) is 3.35. The van der Waals surface area contributed by atoms with Gasteiger partial charge in [-0.15, -0.1) is 11.3 Å². The Morgan fingerprint density at radius 3 is 2.54 bits per heavy atom. The van der Waals surface area contributed by atoms with Gasteiger partial charge in [-0.25, -0.2) is 4.98 Å². The van der Waals surface area contributed by atoms with Crippen molar-refractivity contribution in [1.82, 2.24) is 14.8 Å². The number of hydrogen-bond donors (Lipinski definition) is 0. The number of piperidine rings is 1. The van der Waals surface area contributed by atoms with Gasteiger partial charge in [-0.3, -0.25) is 9.69 Å². The summed E-state index contributed by atoms with van der Waals surface area (Å²) >= 11 is 1.69. The zero-order valence-corrected chi connectivity index (χ0v) is 15.2. The summed E-state index contributed by atoms with van der Waals surface area (Å²) in [5.41, 5.74) is 0. The smallest absolute Gasteiger partial charge is 0.227 e. The van der Waals surface area contributed by atoms with Crippen molar-refractivity contribution in [2.75, 3.05) is 44.2 Å². The van der Waals surface area contributed by atoms with Crippen LogP contribution < -0.4 is 4.90 Å². The Bertz CT molecular complexity index is 535. The summed E-state index contributed by atoms with van der Waals surface area (Å²) in [7, 11) is 0. The lowest BCUT2D eigenvalue weighted by molar-refractivity contribution is -0.138. The summed E-state index contributed by atoms with van der Waals surface area (Å²) in [5.74, 6) is 0.627. The van der Waals surface area contributed by atoms with Crippen molar-refractivity contribution in [2.45, 2.75) is 44.6 Å². The van der Waals surface area contributed by atoms with Crippen LogP contribution in [0, 0.1) is 5.92 Å². The summed E-state index contributed by atoms with van der Waals surface area (Å²) in [6.07, 6.45) is 9.55. The van der Waals surface area contributed by atoms with Crippen molar-refractivity contribution < 1.29 is 4.79 Å². The zero-order chi connectivity index (χ0) is 16.4. The molecule has 3 fully saturated rings. The van der Waals surface area contributed by atoms with Crippen LogP contribution >= 0.6 is 11.3 Å². The van der Waals surface area contributed by atoms with Gasteiger partial charge in [0, 0.05) is 50.3 Å². The quantitative estimate of drug-likeness (QED) is 0.841. The van der Waals surface area contributed by atoms with E-state index in [0.29, 0.717) is 5.91 Å². The van der Waals surface area contributed by atoms with Gasteiger partial charge in [-0.2, -0.15) is 0 Å². The van der Waals surface area contributed by atoms with Gasteiger partial charge in [-0.1, -0.05) is 12.8 Å². The minimum absolute atomic E-state index is 0.228. The van der Waals surface area contributed by atoms with Gasteiger partial charge >= 0.3 is 0 Å². The highest BCUT2D eigenvalue weighted by molar-refractivity contribution is 7.13. The average molecular weight is 349 g/mol. The summed E-state index contributed by atoms with van der Waals surface area (Å²) in [4.78, 5) is 24.4. The Hall–Kier alpha value is -1.14. The molecule has 3 aliphatic rings. The minimum Gasteiger partial charge on any atom is -0.345 e. The molecule has 132 valence electrons. The lowest BCUT2D eigenvalue weighted by atomic mass is 9.94. The molecule has 0 bridgehead atoms.